The maximum absolute atomic E-state index is 14.3. The number of hydrogen-bond acceptors (Lipinski definition) is 7. The topological polar surface area (TPSA) is 119 Å². The van der Waals surface area contributed by atoms with Gasteiger partial charge in [-0.05, 0) is 111 Å². The van der Waals surface area contributed by atoms with Crippen LogP contribution in [0.4, 0.5) is 17.6 Å². The Hall–Kier alpha value is -2.82. The average molecular weight is 858 g/mol. The Labute approximate surface area is 321 Å². The minimum absolute atomic E-state index is 0.00497. The summed E-state index contributed by atoms with van der Waals surface area (Å²) in [7, 11) is -12.2. The molecule has 0 heterocycles. The molecule has 0 amide bonds. The second kappa shape index (κ2) is 19.7. The van der Waals surface area contributed by atoms with Crippen LogP contribution in [0.25, 0.3) is 0 Å². The van der Waals surface area contributed by atoms with Crippen LogP contribution in [-0.4, -0.2) is 53.5 Å². The molecule has 4 rings (SSSR count). The van der Waals surface area contributed by atoms with Crippen molar-refractivity contribution in [3.63, 3.8) is 0 Å². The highest BCUT2D eigenvalue weighted by Crippen LogP contribution is 2.37. The Balaban J connectivity index is 0.000000286. The lowest BCUT2D eigenvalue weighted by atomic mass is 10.1. The van der Waals surface area contributed by atoms with Gasteiger partial charge in [0.25, 0.3) is 0 Å². The van der Waals surface area contributed by atoms with Crippen LogP contribution in [0.5, 0.6) is 0 Å². The van der Waals surface area contributed by atoms with Crippen LogP contribution in [0.1, 0.15) is 60.2 Å². The lowest BCUT2D eigenvalue weighted by Crippen LogP contribution is -2.16. The van der Waals surface area contributed by atoms with E-state index in [1.807, 2.05) is 0 Å². The Morgan fingerprint density at radius 1 is 0.585 bits per heavy atom. The van der Waals surface area contributed by atoms with Crippen molar-refractivity contribution in [2.75, 3.05) is 24.0 Å². The third kappa shape index (κ3) is 13.5. The molecule has 0 aromatic heterocycles. The SMILES string of the molecule is CS(=O)(=O)CCCCC(c1cc(F)ccc1F)S(=O)(=O)c1ccc(Cl)cc1.CS(=O)CCCCC(c1cc(F)ccc1F)S(=O)(=O)c1ccc(Cl)cc1. The lowest BCUT2D eigenvalue weighted by Gasteiger charge is -2.19. The molecule has 4 aromatic carbocycles. The maximum Gasteiger partial charge on any atom is 0.185 e. The van der Waals surface area contributed by atoms with E-state index in [1.165, 1.54) is 48.5 Å². The van der Waals surface area contributed by atoms with Gasteiger partial charge in [0.1, 0.15) is 33.1 Å². The fourth-order valence-corrected chi connectivity index (χ4v) is 10.6. The van der Waals surface area contributed by atoms with Crippen molar-refractivity contribution in [3.8, 4) is 0 Å². The molecule has 0 N–H and O–H groups in total. The molecule has 17 heteroatoms. The van der Waals surface area contributed by atoms with E-state index in [2.05, 4.69) is 0 Å². The number of sulfone groups is 3. The molecule has 3 atom stereocenters. The first-order chi connectivity index (χ1) is 24.7. The van der Waals surface area contributed by atoms with Gasteiger partial charge in [-0.25, -0.2) is 42.8 Å². The van der Waals surface area contributed by atoms with E-state index >= 15 is 0 Å². The highest BCUT2D eigenvalue weighted by atomic mass is 35.5. The molecule has 0 aliphatic heterocycles. The quantitative estimate of drug-likeness (QED) is 0.0815. The number of unbranched alkanes of at least 4 members (excludes halogenated alkanes) is 2. The summed E-state index contributed by atoms with van der Waals surface area (Å²) in [6.07, 6.45) is 4.11. The van der Waals surface area contributed by atoms with Crippen molar-refractivity contribution in [1.82, 2.24) is 0 Å². The zero-order valence-electron chi connectivity index (χ0n) is 28.7. The summed E-state index contributed by atoms with van der Waals surface area (Å²) in [5, 5.41) is -1.85. The maximum atomic E-state index is 14.3. The third-order valence-electron chi connectivity index (χ3n) is 8.02. The Bertz CT molecular complexity index is 2200. The normalized spacial score (nSPS) is 13.8. The summed E-state index contributed by atoms with van der Waals surface area (Å²) in [6.45, 7) is 0. The largest absolute Gasteiger partial charge is 0.260 e. The van der Waals surface area contributed by atoms with Crippen LogP contribution in [-0.2, 0) is 40.3 Å². The van der Waals surface area contributed by atoms with Crippen molar-refractivity contribution in [1.29, 1.82) is 0 Å². The molecular formula is C36H38Cl2F4O7S4. The zero-order chi connectivity index (χ0) is 39.6. The Morgan fingerprint density at radius 2 is 0.962 bits per heavy atom. The predicted octanol–water partition coefficient (Wildman–Crippen LogP) is 9.03. The van der Waals surface area contributed by atoms with Gasteiger partial charge in [0.2, 0.25) is 0 Å². The third-order valence-corrected chi connectivity index (χ3v) is 14.8. The van der Waals surface area contributed by atoms with E-state index in [0.29, 0.717) is 28.6 Å². The number of hydrogen-bond donors (Lipinski definition) is 0. The van der Waals surface area contributed by atoms with Gasteiger partial charge >= 0.3 is 0 Å². The van der Waals surface area contributed by atoms with Crippen molar-refractivity contribution < 1.29 is 47.0 Å². The van der Waals surface area contributed by atoms with Gasteiger partial charge < -0.3 is 0 Å². The summed E-state index contributed by atoms with van der Waals surface area (Å²) < 4.78 is 142. The van der Waals surface area contributed by atoms with Gasteiger partial charge in [0, 0.05) is 56.0 Å². The van der Waals surface area contributed by atoms with Gasteiger partial charge in [-0.3, -0.25) is 4.21 Å². The number of rotatable bonds is 16. The number of halogens is 6. The first-order valence-corrected chi connectivity index (χ1v) is 23.7. The first-order valence-electron chi connectivity index (χ1n) is 16.1. The minimum atomic E-state index is -4.04. The molecule has 0 aliphatic rings. The number of benzene rings is 4. The van der Waals surface area contributed by atoms with E-state index in [-0.39, 0.29) is 52.4 Å². The molecule has 7 nitrogen and oxygen atoms in total. The molecule has 53 heavy (non-hydrogen) atoms. The Kier molecular flexibility index (Phi) is 16.5. The summed E-state index contributed by atoms with van der Waals surface area (Å²) in [5.41, 5.74) is -0.470. The molecule has 4 aromatic rings. The molecule has 0 fully saturated rings. The molecule has 0 aliphatic carbocycles. The fraction of sp³-hybridized carbons (Fsp3) is 0.333. The standard InChI is InChI=1S/C18H19ClF2O4S2.C18H19ClF2O3S2/c1-26(22,23)11-3-2-4-18(16-12-14(20)7-10-17(16)21)27(24,25)15-8-5-13(19)6-9-15;1-25(22)11-3-2-4-18(16-12-14(20)7-10-17(16)21)26(23,24)15-8-5-13(19)6-9-15/h5-10,12,18H,2-4,11H2,1H3;5-10,12,18H,2-4,11H2,1H3. The lowest BCUT2D eigenvalue weighted by molar-refractivity contribution is 0.543. The van der Waals surface area contributed by atoms with E-state index in [0.717, 1.165) is 42.7 Å². The molecule has 0 radical (unpaired) electrons. The van der Waals surface area contributed by atoms with Crippen LogP contribution in [0.15, 0.2) is 94.7 Å². The fourth-order valence-electron chi connectivity index (χ4n) is 5.38. The molecular weight excluding hydrogens is 820 g/mol. The minimum Gasteiger partial charge on any atom is -0.260 e. The van der Waals surface area contributed by atoms with E-state index in [4.69, 9.17) is 23.2 Å². The molecule has 3 unspecified atom stereocenters. The molecule has 0 spiro atoms. The molecule has 0 saturated heterocycles. The van der Waals surface area contributed by atoms with Crippen molar-refractivity contribution >= 4 is 63.5 Å². The van der Waals surface area contributed by atoms with Crippen LogP contribution >= 0.6 is 23.2 Å². The summed E-state index contributed by atoms with van der Waals surface area (Å²) in [4.78, 5) is -0.0710. The van der Waals surface area contributed by atoms with Gasteiger partial charge in [-0.15, -0.1) is 0 Å². The molecule has 0 saturated carbocycles. The molecule has 290 valence electrons. The van der Waals surface area contributed by atoms with E-state index in [1.54, 1.807) is 6.26 Å². The van der Waals surface area contributed by atoms with Crippen LogP contribution in [0.2, 0.25) is 10.0 Å². The van der Waals surface area contributed by atoms with Gasteiger partial charge in [-0.1, -0.05) is 36.0 Å². The van der Waals surface area contributed by atoms with Crippen molar-refractivity contribution in [3.05, 3.63) is 129 Å². The van der Waals surface area contributed by atoms with Crippen molar-refractivity contribution in [2.24, 2.45) is 0 Å². The van der Waals surface area contributed by atoms with E-state index < -0.39 is 74.1 Å². The highest BCUT2D eigenvalue weighted by molar-refractivity contribution is 7.92. The summed E-state index contributed by atoms with van der Waals surface area (Å²) in [5.74, 6) is -2.73. The van der Waals surface area contributed by atoms with Gasteiger partial charge in [0.15, 0.2) is 19.7 Å². The second-order valence-electron chi connectivity index (χ2n) is 12.2. The predicted molar refractivity (Wildman–Crippen MR) is 202 cm³/mol. The monoisotopic (exact) mass is 856 g/mol. The van der Waals surface area contributed by atoms with Crippen molar-refractivity contribution in [2.45, 2.75) is 58.8 Å². The summed E-state index contributed by atoms with van der Waals surface area (Å²) >= 11 is 11.6. The first kappa shape index (κ1) is 44.6. The van der Waals surface area contributed by atoms with Crippen LogP contribution in [0.3, 0.4) is 0 Å². The Morgan fingerprint density at radius 3 is 1.32 bits per heavy atom. The van der Waals surface area contributed by atoms with Gasteiger partial charge in [-0.2, -0.15) is 0 Å². The second-order valence-corrected chi connectivity index (χ2v) is 21.2. The van der Waals surface area contributed by atoms with E-state index in [9.17, 15) is 47.0 Å². The highest BCUT2D eigenvalue weighted by Gasteiger charge is 2.32. The zero-order valence-corrected chi connectivity index (χ0v) is 33.4. The molecule has 0 bridgehead atoms. The van der Waals surface area contributed by atoms with Crippen LogP contribution in [0, 0.1) is 23.3 Å². The summed E-state index contributed by atoms with van der Waals surface area (Å²) in [6, 6.07) is 16.4. The van der Waals surface area contributed by atoms with Gasteiger partial charge in [0.05, 0.1) is 20.3 Å². The van der Waals surface area contributed by atoms with Crippen LogP contribution < -0.4 is 0 Å². The average Bonchev–Trinajstić information content (AvgIpc) is 3.07. The smallest absolute Gasteiger partial charge is 0.185 e.